The molecule has 84 valence electrons. The number of alkyl halides is 2. The first-order valence-electron chi connectivity index (χ1n) is 4.72. The van der Waals surface area contributed by atoms with E-state index in [0.717, 1.165) is 17.2 Å². The Morgan fingerprint density at radius 1 is 1.38 bits per heavy atom. The molecule has 0 amide bonds. The van der Waals surface area contributed by atoms with Crippen LogP contribution in [0.3, 0.4) is 0 Å². The third kappa shape index (κ3) is 2.88. The van der Waals surface area contributed by atoms with Crippen LogP contribution in [0, 0.1) is 18.3 Å². The molecule has 0 aromatic heterocycles. The first kappa shape index (κ1) is 12.3. The molecule has 1 aromatic carbocycles. The molecule has 0 radical (unpaired) electrons. The van der Waals surface area contributed by atoms with E-state index >= 15 is 0 Å². The number of rotatable bonds is 3. The van der Waals surface area contributed by atoms with Crippen LogP contribution in [0.15, 0.2) is 30.3 Å². The van der Waals surface area contributed by atoms with Gasteiger partial charge in [-0.3, -0.25) is 0 Å². The Labute approximate surface area is 93.0 Å². The van der Waals surface area contributed by atoms with Crippen molar-refractivity contribution in [2.75, 3.05) is 0 Å². The van der Waals surface area contributed by atoms with E-state index in [1.165, 1.54) is 12.1 Å². The average molecular weight is 222 g/mol. The second kappa shape index (κ2) is 4.86. The summed E-state index contributed by atoms with van der Waals surface area (Å²) in [7, 11) is 0. The molecular formula is C12H12F2N2. The van der Waals surface area contributed by atoms with Gasteiger partial charge in [-0.05, 0) is 18.6 Å². The molecule has 4 heteroatoms. The zero-order valence-electron chi connectivity index (χ0n) is 8.82. The number of aryl methyl sites for hydroxylation is 1. The minimum Gasteiger partial charge on any atom is -0.305 e. The van der Waals surface area contributed by atoms with E-state index in [-0.39, 0.29) is 0 Å². The van der Waals surface area contributed by atoms with Crippen molar-refractivity contribution in [3.05, 3.63) is 41.5 Å². The van der Waals surface area contributed by atoms with Crippen molar-refractivity contribution in [3.8, 4) is 6.07 Å². The van der Waals surface area contributed by atoms with E-state index in [1.54, 1.807) is 12.1 Å². The maximum absolute atomic E-state index is 12.5. The maximum Gasteiger partial charge on any atom is 0.273 e. The Balaban J connectivity index is 2.88. The van der Waals surface area contributed by atoms with Crippen molar-refractivity contribution in [1.29, 1.82) is 5.26 Å². The molecular weight excluding hydrogens is 210 g/mol. The number of hydrogen-bond acceptors (Lipinski definition) is 2. The van der Waals surface area contributed by atoms with E-state index in [4.69, 9.17) is 11.0 Å². The highest BCUT2D eigenvalue weighted by Gasteiger charge is 2.32. The number of benzene rings is 1. The van der Waals surface area contributed by atoms with Crippen LogP contribution in [-0.4, -0.2) is 12.0 Å². The molecule has 0 fully saturated rings. The van der Waals surface area contributed by atoms with Gasteiger partial charge in [0.1, 0.15) is 0 Å². The van der Waals surface area contributed by atoms with Crippen LogP contribution in [-0.2, 0) is 0 Å². The van der Waals surface area contributed by atoms with E-state index in [0.29, 0.717) is 0 Å². The first-order valence-corrected chi connectivity index (χ1v) is 4.72. The van der Waals surface area contributed by atoms with Crippen LogP contribution < -0.4 is 5.73 Å². The highest BCUT2D eigenvalue weighted by Crippen LogP contribution is 2.15. The summed E-state index contributed by atoms with van der Waals surface area (Å²) in [4.78, 5) is 0. The van der Waals surface area contributed by atoms with Gasteiger partial charge in [0.25, 0.3) is 6.43 Å². The highest BCUT2D eigenvalue weighted by molar-refractivity contribution is 5.52. The number of hydrogen-bond donors (Lipinski definition) is 1. The highest BCUT2D eigenvalue weighted by atomic mass is 19.3. The fourth-order valence-corrected chi connectivity index (χ4v) is 1.07. The lowest BCUT2D eigenvalue weighted by Crippen LogP contribution is -2.43. The zero-order valence-corrected chi connectivity index (χ0v) is 8.82. The third-order valence-corrected chi connectivity index (χ3v) is 2.18. The number of nitriles is 1. The van der Waals surface area contributed by atoms with Gasteiger partial charge in [0.2, 0.25) is 0 Å². The lowest BCUT2D eigenvalue weighted by Gasteiger charge is -2.14. The summed E-state index contributed by atoms with van der Waals surface area (Å²) in [6.07, 6.45) is -0.448. The van der Waals surface area contributed by atoms with Crippen molar-refractivity contribution in [3.63, 3.8) is 0 Å². The minimum atomic E-state index is -2.90. The SMILES string of the molecule is Cc1ccc(/C=C/C(N)(C#N)C(F)F)cc1. The maximum atomic E-state index is 12.5. The summed E-state index contributed by atoms with van der Waals surface area (Å²) in [6, 6.07) is 8.65. The molecule has 0 spiro atoms. The van der Waals surface area contributed by atoms with Crippen LogP contribution in [0.1, 0.15) is 11.1 Å². The molecule has 0 aliphatic rings. The molecule has 0 aliphatic heterocycles. The largest absolute Gasteiger partial charge is 0.305 e. The topological polar surface area (TPSA) is 49.8 Å². The van der Waals surface area contributed by atoms with Crippen molar-refractivity contribution in [2.24, 2.45) is 5.73 Å². The second-order valence-corrected chi connectivity index (χ2v) is 3.59. The molecule has 2 N–H and O–H groups in total. The van der Waals surface area contributed by atoms with Crippen LogP contribution in [0.5, 0.6) is 0 Å². The molecule has 1 rings (SSSR count). The summed E-state index contributed by atoms with van der Waals surface area (Å²) >= 11 is 0. The van der Waals surface area contributed by atoms with Gasteiger partial charge < -0.3 is 5.73 Å². The van der Waals surface area contributed by atoms with E-state index in [1.807, 2.05) is 19.1 Å². The lowest BCUT2D eigenvalue weighted by molar-refractivity contribution is 0.106. The fourth-order valence-electron chi connectivity index (χ4n) is 1.07. The van der Waals surface area contributed by atoms with Gasteiger partial charge >= 0.3 is 0 Å². The predicted molar refractivity (Wildman–Crippen MR) is 58.7 cm³/mol. The van der Waals surface area contributed by atoms with Gasteiger partial charge in [-0.1, -0.05) is 35.9 Å². The summed E-state index contributed by atoms with van der Waals surface area (Å²) in [5.74, 6) is 0. The van der Waals surface area contributed by atoms with E-state index < -0.39 is 12.0 Å². The Kier molecular flexibility index (Phi) is 3.75. The van der Waals surface area contributed by atoms with Gasteiger partial charge in [-0.25, -0.2) is 8.78 Å². The van der Waals surface area contributed by atoms with E-state index in [9.17, 15) is 8.78 Å². The standard InChI is InChI=1S/C12H12F2N2/c1-9-2-4-10(5-3-9)6-7-12(16,8-15)11(13)14/h2-7,11H,16H2,1H3/b7-6+. The van der Waals surface area contributed by atoms with Crippen LogP contribution in [0.4, 0.5) is 8.78 Å². The normalized spacial score (nSPS) is 15.0. The van der Waals surface area contributed by atoms with Crippen molar-refractivity contribution in [1.82, 2.24) is 0 Å². The Hall–Kier alpha value is -1.73. The average Bonchev–Trinajstić information content (AvgIpc) is 2.27. The fraction of sp³-hybridized carbons (Fsp3) is 0.250. The molecule has 16 heavy (non-hydrogen) atoms. The molecule has 1 unspecified atom stereocenters. The van der Waals surface area contributed by atoms with E-state index in [2.05, 4.69) is 0 Å². The summed E-state index contributed by atoms with van der Waals surface area (Å²) in [5.41, 5.74) is 4.81. The molecule has 0 saturated carbocycles. The molecule has 0 aliphatic carbocycles. The smallest absolute Gasteiger partial charge is 0.273 e. The number of nitrogens with zero attached hydrogens (tertiary/aromatic N) is 1. The molecule has 1 aromatic rings. The summed E-state index contributed by atoms with van der Waals surface area (Å²) < 4.78 is 24.9. The van der Waals surface area contributed by atoms with Crippen molar-refractivity contribution < 1.29 is 8.78 Å². The van der Waals surface area contributed by atoms with Gasteiger partial charge in [-0.15, -0.1) is 0 Å². The van der Waals surface area contributed by atoms with Crippen molar-refractivity contribution in [2.45, 2.75) is 18.9 Å². The number of halogens is 2. The third-order valence-electron chi connectivity index (χ3n) is 2.18. The molecule has 2 nitrogen and oxygen atoms in total. The lowest BCUT2D eigenvalue weighted by atomic mass is 10.0. The second-order valence-electron chi connectivity index (χ2n) is 3.59. The van der Waals surface area contributed by atoms with Gasteiger partial charge in [0.05, 0.1) is 6.07 Å². The van der Waals surface area contributed by atoms with Crippen LogP contribution in [0.25, 0.3) is 6.08 Å². The van der Waals surface area contributed by atoms with Gasteiger partial charge in [0, 0.05) is 0 Å². The molecule has 0 saturated heterocycles. The Bertz CT molecular complexity index is 418. The minimum absolute atomic E-state index is 0.733. The van der Waals surface area contributed by atoms with Gasteiger partial charge in [0.15, 0.2) is 5.54 Å². The van der Waals surface area contributed by atoms with Crippen LogP contribution in [0.2, 0.25) is 0 Å². The molecule has 0 heterocycles. The Morgan fingerprint density at radius 3 is 2.38 bits per heavy atom. The van der Waals surface area contributed by atoms with Crippen molar-refractivity contribution >= 4 is 6.08 Å². The molecule has 0 bridgehead atoms. The monoisotopic (exact) mass is 222 g/mol. The van der Waals surface area contributed by atoms with Crippen LogP contribution >= 0.6 is 0 Å². The number of nitrogens with two attached hydrogens (primary N) is 1. The van der Waals surface area contributed by atoms with Gasteiger partial charge in [-0.2, -0.15) is 5.26 Å². The Morgan fingerprint density at radius 2 is 1.94 bits per heavy atom. The zero-order chi connectivity index (χ0) is 12.2. The summed E-state index contributed by atoms with van der Waals surface area (Å²) in [6.45, 7) is 1.93. The molecule has 1 atom stereocenters. The summed E-state index contributed by atoms with van der Waals surface area (Å²) in [5, 5.41) is 8.57. The first-order chi connectivity index (χ1) is 7.48. The predicted octanol–water partition coefficient (Wildman–Crippen LogP) is 2.49. The quantitative estimate of drug-likeness (QED) is 0.854.